The number of benzene rings is 1. The normalized spacial score (nSPS) is 10.5. The zero-order chi connectivity index (χ0) is 13.0. The molecule has 18 heavy (non-hydrogen) atoms. The van der Waals surface area contributed by atoms with Gasteiger partial charge in [0.2, 0.25) is 0 Å². The van der Waals surface area contributed by atoms with Crippen molar-refractivity contribution in [3.63, 3.8) is 0 Å². The van der Waals surface area contributed by atoms with Gasteiger partial charge < -0.3 is 5.32 Å². The van der Waals surface area contributed by atoms with E-state index in [0.717, 1.165) is 4.88 Å². The van der Waals surface area contributed by atoms with Crippen LogP contribution in [0.1, 0.15) is 10.4 Å². The highest BCUT2D eigenvalue weighted by Crippen LogP contribution is 2.23. The molecule has 2 rings (SSSR count). The predicted octanol–water partition coefficient (Wildman–Crippen LogP) is 3.10. The van der Waals surface area contributed by atoms with Crippen LogP contribution >= 0.6 is 27.3 Å². The molecule has 0 aliphatic carbocycles. The summed E-state index contributed by atoms with van der Waals surface area (Å²) in [5, 5.41) is 14.1. The van der Waals surface area contributed by atoms with Gasteiger partial charge in [-0.15, -0.1) is 11.3 Å². The van der Waals surface area contributed by atoms with Crippen LogP contribution in [0.5, 0.6) is 0 Å². The van der Waals surface area contributed by atoms with Crippen molar-refractivity contribution in [3.8, 4) is 0 Å². The predicted molar refractivity (Wildman–Crippen MR) is 73.5 cm³/mol. The Morgan fingerprint density at radius 2 is 2.28 bits per heavy atom. The first-order chi connectivity index (χ1) is 8.66. The van der Waals surface area contributed by atoms with E-state index >= 15 is 0 Å². The molecule has 0 aliphatic rings. The van der Waals surface area contributed by atoms with Crippen molar-refractivity contribution in [2.24, 2.45) is 0 Å². The molecule has 0 unspecified atom stereocenters. The molecule has 0 amide bonds. The molecule has 7 heteroatoms. The summed E-state index contributed by atoms with van der Waals surface area (Å²) in [5.41, 5.74) is 2.56. The average Bonchev–Trinajstić information content (AvgIpc) is 2.84. The summed E-state index contributed by atoms with van der Waals surface area (Å²) >= 11 is 4.79. The van der Waals surface area contributed by atoms with E-state index in [4.69, 9.17) is 0 Å². The van der Waals surface area contributed by atoms with Gasteiger partial charge in [0.25, 0.3) is 5.69 Å². The fourth-order valence-corrected chi connectivity index (χ4v) is 2.42. The van der Waals surface area contributed by atoms with Crippen molar-refractivity contribution in [2.75, 3.05) is 0 Å². The molecule has 1 heterocycles. The highest BCUT2D eigenvalue weighted by molar-refractivity contribution is 9.10. The topological polar surface area (TPSA) is 68.1 Å². The smallest absolute Gasteiger partial charge is 0.275 e. The van der Waals surface area contributed by atoms with E-state index in [1.54, 1.807) is 35.2 Å². The van der Waals surface area contributed by atoms with E-state index in [1.807, 2.05) is 0 Å². The third kappa shape index (κ3) is 3.34. The summed E-state index contributed by atoms with van der Waals surface area (Å²) in [6, 6.07) is 5.07. The molecule has 0 radical (unpaired) electrons. The molecule has 0 bridgehead atoms. The van der Waals surface area contributed by atoms with Gasteiger partial charge in [0.15, 0.2) is 0 Å². The molecule has 0 spiro atoms. The Hall–Kier alpha value is -1.31. The van der Waals surface area contributed by atoms with Crippen molar-refractivity contribution in [1.82, 2.24) is 10.3 Å². The van der Waals surface area contributed by atoms with Gasteiger partial charge in [-0.2, -0.15) is 0 Å². The van der Waals surface area contributed by atoms with Gasteiger partial charge in [-0.3, -0.25) is 15.1 Å². The number of thiazole rings is 1. The molecular weight excluding hydrogens is 318 g/mol. The minimum Gasteiger partial charge on any atom is -0.307 e. The molecule has 1 aromatic carbocycles. The Bertz CT molecular complexity index is 545. The SMILES string of the molecule is O=[N+]([O-])c1cc(Br)ccc1CNCc1cncs1. The van der Waals surface area contributed by atoms with Crippen molar-refractivity contribution in [3.05, 3.63) is 54.9 Å². The Morgan fingerprint density at radius 3 is 2.94 bits per heavy atom. The van der Waals surface area contributed by atoms with Crippen LogP contribution in [0.15, 0.2) is 34.4 Å². The molecular formula is C11H10BrN3O2S. The van der Waals surface area contributed by atoms with Crippen LogP contribution in [0, 0.1) is 10.1 Å². The summed E-state index contributed by atoms with van der Waals surface area (Å²) in [5.74, 6) is 0. The van der Waals surface area contributed by atoms with Gasteiger partial charge in [-0.1, -0.05) is 15.9 Å². The van der Waals surface area contributed by atoms with Crippen molar-refractivity contribution < 1.29 is 4.92 Å². The maximum absolute atomic E-state index is 10.9. The van der Waals surface area contributed by atoms with E-state index in [9.17, 15) is 10.1 Å². The average molecular weight is 328 g/mol. The van der Waals surface area contributed by atoms with Crippen LogP contribution in [-0.4, -0.2) is 9.91 Å². The maximum atomic E-state index is 10.9. The van der Waals surface area contributed by atoms with E-state index in [-0.39, 0.29) is 10.6 Å². The quantitative estimate of drug-likeness (QED) is 0.676. The number of aromatic nitrogens is 1. The Morgan fingerprint density at radius 1 is 1.44 bits per heavy atom. The molecule has 94 valence electrons. The number of rotatable bonds is 5. The summed E-state index contributed by atoms with van der Waals surface area (Å²) < 4.78 is 0.709. The van der Waals surface area contributed by atoms with E-state index in [2.05, 4.69) is 26.2 Å². The number of hydrogen-bond acceptors (Lipinski definition) is 5. The van der Waals surface area contributed by atoms with Crippen LogP contribution in [0.25, 0.3) is 0 Å². The van der Waals surface area contributed by atoms with E-state index in [1.165, 1.54) is 6.07 Å². The Balaban J connectivity index is 2.02. The van der Waals surface area contributed by atoms with Crippen LogP contribution in [0.3, 0.4) is 0 Å². The van der Waals surface area contributed by atoms with Gasteiger partial charge in [0, 0.05) is 40.3 Å². The van der Waals surface area contributed by atoms with Crippen LogP contribution < -0.4 is 5.32 Å². The molecule has 0 fully saturated rings. The lowest BCUT2D eigenvalue weighted by atomic mass is 10.2. The number of nitrogens with zero attached hydrogens (tertiary/aromatic N) is 2. The highest BCUT2D eigenvalue weighted by Gasteiger charge is 2.13. The van der Waals surface area contributed by atoms with Crippen LogP contribution in [0.2, 0.25) is 0 Å². The van der Waals surface area contributed by atoms with Crippen molar-refractivity contribution in [1.29, 1.82) is 0 Å². The third-order valence-corrected chi connectivity index (χ3v) is 3.62. The van der Waals surface area contributed by atoms with Gasteiger partial charge >= 0.3 is 0 Å². The largest absolute Gasteiger partial charge is 0.307 e. The maximum Gasteiger partial charge on any atom is 0.275 e. The summed E-state index contributed by atoms with van der Waals surface area (Å²) in [4.78, 5) is 15.6. The molecule has 0 aliphatic heterocycles. The monoisotopic (exact) mass is 327 g/mol. The molecule has 1 aromatic heterocycles. The van der Waals surface area contributed by atoms with Gasteiger partial charge in [-0.05, 0) is 12.1 Å². The molecule has 0 saturated carbocycles. The zero-order valence-corrected chi connectivity index (χ0v) is 11.7. The summed E-state index contributed by atoms with van der Waals surface area (Å²) in [6.45, 7) is 1.12. The first-order valence-electron chi connectivity index (χ1n) is 5.17. The number of halogens is 1. The number of nitro benzene ring substituents is 1. The lowest BCUT2D eigenvalue weighted by molar-refractivity contribution is -0.385. The van der Waals surface area contributed by atoms with Gasteiger partial charge in [0.1, 0.15) is 0 Å². The third-order valence-electron chi connectivity index (χ3n) is 2.34. The summed E-state index contributed by atoms with van der Waals surface area (Å²) in [7, 11) is 0. The number of hydrogen-bond donors (Lipinski definition) is 1. The number of nitrogens with one attached hydrogen (secondary N) is 1. The zero-order valence-electron chi connectivity index (χ0n) is 9.30. The van der Waals surface area contributed by atoms with Crippen molar-refractivity contribution in [2.45, 2.75) is 13.1 Å². The summed E-state index contributed by atoms with van der Waals surface area (Å²) in [6.07, 6.45) is 1.79. The van der Waals surface area contributed by atoms with Crippen LogP contribution in [-0.2, 0) is 13.1 Å². The molecule has 0 atom stereocenters. The van der Waals surface area contributed by atoms with Crippen molar-refractivity contribution >= 4 is 33.0 Å². The second-order valence-corrected chi connectivity index (χ2v) is 5.49. The Labute approximate surface area is 116 Å². The minimum absolute atomic E-state index is 0.126. The van der Waals surface area contributed by atoms with Gasteiger partial charge in [-0.25, -0.2) is 0 Å². The second kappa shape index (κ2) is 6.03. The number of nitro groups is 1. The standard InChI is InChI=1S/C11H10BrN3O2S/c12-9-2-1-8(11(3-9)15(16)17)4-13-5-10-6-14-7-18-10/h1-3,6-7,13H,4-5H2. The fraction of sp³-hybridized carbons (Fsp3) is 0.182. The fourth-order valence-electron chi connectivity index (χ4n) is 1.51. The minimum atomic E-state index is -0.367. The molecule has 2 aromatic rings. The lowest BCUT2D eigenvalue weighted by Crippen LogP contribution is -2.13. The van der Waals surface area contributed by atoms with E-state index < -0.39 is 0 Å². The lowest BCUT2D eigenvalue weighted by Gasteiger charge is -2.04. The molecule has 5 nitrogen and oxygen atoms in total. The second-order valence-electron chi connectivity index (χ2n) is 3.60. The molecule has 0 saturated heterocycles. The molecule has 1 N–H and O–H groups in total. The first-order valence-corrected chi connectivity index (χ1v) is 6.85. The first kappa shape index (κ1) is 13.1. The van der Waals surface area contributed by atoms with Gasteiger partial charge in [0.05, 0.1) is 10.4 Å². The van der Waals surface area contributed by atoms with Crippen LogP contribution in [0.4, 0.5) is 5.69 Å². The van der Waals surface area contributed by atoms with E-state index in [0.29, 0.717) is 23.1 Å². The Kier molecular flexibility index (Phi) is 4.40. The highest BCUT2D eigenvalue weighted by atomic mass is 79.9.